The molecular formula is C30H34N6O2. The molecule has 2 amide bonds. The molecule has 0 aliphatic heterocycles. The Kier molecular flexibility index (Phi) is 7.79. The maximum atomic E-state index is 11.8. The Balaban J connectivity index is 1.49. The van der Waals surface area contributed by atoms with Crippen molar-refractivity contribution < 1.29 is 9.59 Å². The van der Waals surface area contributed by atoms with Gasteiger partial charge in [-0.3, -0.25) is 19.5 Å². The number of benzene rings is 2. The van der Waals surface area contributed by atoms with Crippen LogP contribution in [0, 0.1) is 0 Å². The fourth-order valence-corrected chi connectivity index (χ4v) is 5.26. The van der Waals surface area contributed by atoms with Crippen molar-refractivity contribution in [3.05, 3.63) is 94.6 Å². The summed E-state index contributed by atoms with van der Waals surface area (Å²) in [5, 5.41) is 5.82. The van der Waals surface area contributed by atoms with Crippen LogP contribution in [0.2, 0.25) is 0 Å². The first-order valence-electron chi connectivity index (χ1n) is 13.2. The molecule has 1 unspecified atom stereocenters. The van der Waals surface area contributed by atoms with Crippen molar-refractivity contribution in [2.75, 3.05) is 0 Å². The molecule has 5 rings (SSSR count). The van der Waals surface area contributed by atoms with E-state index in [0.29, 0.717) is 26.2 Å². The molecule has 2 heterocycles. The zero-order valence-corrected chi connectivity index (χ0v) is 22.0. The van der Waals surface area contributed by atoms with E-state index in [1.807, 2.05) is 36.5 Å². The van der Waals surface area contributed by atoms with Crippen LogP contribution in [0.4, 0.5) is 0 Å². The number of aryl methyl sites for hydroxylation is 1. The summed E-state index contributed by atoms with van der Waals surface area (Å²) < 4.78 is 0. The molecule has 0 saturated heterocycles. The molecule has 4 aromatic rings. The average Bonchev–Trinajstić information content (AvgIpc) is 3.33. The number of H-pyrrole nitrogens is 1. The summed E-state index contributed by atoms with van der Waals surface area (Å²) in [6.07, 6.45) is 5.06. The van der Waals surface area contributed by atoms with Crippen molar-refractivity contribution in [3.63, 3.8) is 0 Å². The topological polar surface area (TPSA) is 103 Å². The summed E-state index contributed by atoms with van der Waals surface area (Å²) in [5.74, 6) is 0.769. The highest BCUT2D eigenvalue weighted by Gasteiger charge is 2.28. The highest BCUT2D eigenvalue weighted by atomic mass is 16.2. The predicted molar refractivity (Wildman–Crippen MR) is 147 cm³/mol. The smallest absolute Gasteiger partial charge is 0.217 e. The van der Waals surface area contributed by atoms with Crippen LogP contribution in [-0.4, -0.2) is 31.7 Å². The van der Waals surface area contributed by atoms with Crippen LogP contribution in [0.15, 0.2) is 60.8 Å². The van der Waals surface area contributed by atoms with Gasteiger partial charge in [0.25, 0.3) is 0 Å². The minimum atomic E-state index is -0.0762. The highest BCUT2D eigenvalue weighted by Crippen LogP contribution is 2.35. The molecule has 2 aromatic heterocycles. The van der Waals surface area contributed by atoms with Gasteiger partial charge in [-0.05, 0) is 59.7 Å². The van der Waals surface area contributed by atoms with Crippen molar-refractivity contribution in [2.45, 2.75) is 65.3 Å². The minimum Gasteiger partial charge on any atom is -0.352 e. The zero-order valence-electron chi connectivity index (χ0n) is 22.0. The van der Waals surface area contributed by atoms with E-state index in [1.165, 1.54) is 19.4 Å². The molecule has 2 aromatic carbocycles. The molecule has 8 heteroatoms. The molecule has 1 aliphatic rings. The van der Waals surface area contributed by atoms with Gasteiger partial charge in [0.2, 0.25) is 11.8 Å². The maximum absolute atomic E-state index is 11.8. The van der Waals surface area contributed by atoms with Gasteiger partial charge in [-0.1, -0.05) is 36.4 Å². The number of nitrogens with one attached hydrogen (secondary N) is 3. The van der Waals surface area contributed by atoms with Crippen LogP contribution >= 0.6 is 0 Å². The molecule has 0 fully saturated rings. The van der Waals surface area contributed by atoms with Gasteiger partial charge >= 0.3 is 0 Å². The Bertz CT molecular complexity index is 1410. The standard InChI is InChI=1S/C30H34N6O2/c1-20(37)32-16-22-12-13-24(25(15-22)17-33-21(2)38)18-36(19-29-34-26-9-3-4-10-27(26)35-29)28-11-5-7-23-8-6-14-31-30(23)28/h3-4,6,8-10,12-15,28H,5,7,11,16-19H2,1-2H3,(H,32,37)(H,33,38)(H,34,35). The Labute approximate surface area is 222 Å². The molecule has 1 atom stereocenters. The molecule has 3 N–H and O–H groups in total. The van der Waals surface area contributed by atoms with Crippen molar-refractivity contribution in [1.82, 2.24) is 30.5 Å². The van der Waals surface area contributed by atoms with E-state index in [-0.39, 0.29) is 17.9 Å². The first-order valence-corrected chi connectivity index (χ1v) is 13.2. The van der Waals surface area contributed by atoms with Gasteiger partial charge in [0, 0.05) is 39.7 Å². The number of hydrogen-bond donors (Lipinski definition) is 3. The normalized spacial score (nSPS) is 14.9. The van der Waals surface area contributed by atoms with Gasteiger partial charge in [-0.2, -0.15) is 0 Å². The lowest BCUT2D eigenvalue weighted by Gasteiger charge is -2.35. The van der Waals surface area contributed by atoms with Crippen LogP contribution in [0.3, 0.4) is 0 Å². The summed E-state index contributed by atoms with van der Waals surface area (Å²) in [7, 11) is 0. The quantitative estimate of drug-likeness (QED) is 0.311. The fraction of sp³-hybridized carbons (Fsp3) is 0.333. The summed E-state index contributed by atoms with van der Waals surface area (Å²) in [6, 6.07) is 18.7. The summed E-state index contributed by atoms with van der Waals surface area (Å²) >= 11 is 0. The Morgan fingerprint density at radius 1 is 0.974 bits per heavy atom. The molecule has 0 radical (unpaired) electrons. The van der Waals surface area contributed by atoms with Crippen molar-refractivity contribution in [3.8, 4) is 0 Å². The highest BCUT2D eigenvalue weighted by molar-refractivity contribution is 5.75. The van der Waals surface area contributed by atoms with E-state index in [9.17, 15) is 9.59 Å². The van der Waals surface area contributed by atoms with E-state index in [1.54, 1.807) is 0 Å². The van der Waals surface area contributed by atoms with Gasteiger partial charge in [-0.25, -0.2) is 4.98 Å². The summed E-state index contributed by atoms with van der Waals surface area (Å²) in [6.45, 7) is 5.23. The number of nitrogens with zero attached hydrogens (tertiary/aromatic N) is 3. The molecule has 0 saturated carbocycles. The fourth-order valence-electron chi connectivity index (χ4n) is 5.26. The van der Waals surface area contributed by atoms with Gasteiger partial charge in [-0.15, -0.1) is 0 Å². The van der Waals surface area contributed by atoms with E-state index >= 15 is 0 Å². The Morgan fingerprint density at radius 3 is 2.61 bits per heavy atom. The molecule has 0 bridgehead atoms. The first kappa shape index (κ1) is 25.6. The number of rotatable bonds is 9. The third-order valence-corrected chi connectivity index (χ3v) is 7.11. The minimum absolute atomic E-state index is 0.0713. The van der Waals surface area contributed by atoms with Crippen LogP contribution in [0.5, 0.6) is 0 Å². The molecule has 196 valence electrons. The third kappa shape index (κ3) is 6.08. The average molecular weight is 511 g/mol. The largest absolute Gasteiger partial charge is 0.352 e. The van der Waals surface area contributed by atoms with Crippen molar-refractivity contribution in [2.24, 2.45) is 0 Å². The van der Waals surface area contributed by atoms with Gasteiger partial charge in [0.1, 0.15) is 5.82 Å². The third-order valence-electron chi connectivity index (χ3n) is 7.11. The van der Waals surface area contributed by atoms with Crippen LogP contribution in [0.25, 0.3) is 11.0 Å². The number of aromatic amines is 1. The number of imidazole rings is 1. The lowest BCUT2D eigenvalue weighted by Crippen LogP contribution is -2.32. The monoisotopic (exact) mass is 510 g/mol. The number of pyridine rings is 1. The number of carbonyl (C=O) groups is 2. The van der Waals surface area contributed by atoms with Crippen molar-refractivity contribution in [1.29, 1.82) is 0 Å². The second kappa shape index (κ2) is 11.6. The number of hydrogen-bond acceptors (Lipinski definition) is 5. The van der Waals surface area contributed by atoms with E-state index < -0.39 is 0 Å². The van der Waals surface area contributed by atoms with E-state index in [0.717, 1.165) is 58.5 Å². The second-order valence-electron chi connectivity index (χ2n) is 9.98. The van der Waals surface area contributed by atoms with Crippen LogP contribution in [0.1, 0.15) is 66.5 Å². The van der Waals surface area contributed by atoms with Crippen LogP contribution in [-0.2, 0) is 42.2 Å². The summed E-state index contributed by atoms with van der Waals surface area (Å²) in [4.78, 5) is 38.8. The number of aromatic nitrogens is 3. The molecule has 38 heavy (non-hydrogen) atoms. The predicted octanol–water partition coefficient (Wildman–Crippen LogP) is 4.31. The Morgan fingerprint density at radius 2 is 1.79 bits per heavy atom. The first-order chi connectivity index (χ1) is 18.5. The number of carbonyl (C=O) groups excluding carboxylic acids is 2. The number of amides is 2. The molecule has 8 nitrogen and oxygen atoms in total. The van der Waals surface area contributed by atoms with Gasteiger partial charge in [0.05, 0.1) is 29.3 Å². The zero-order chi connectivity index (χ0) is 26.5. The lowest BCUT2D eigenvalue weighted by atomic mass is 9.90. The van der Waals surface area contributed by atoms with Gasteiger partial charge in [0.15, 0.2) is 0 Å². The molecule has 1 aliphatic carbocycles. The van der Waals surface area contributed by atoms with Crippen LogP contribution < -0.4 is 10.6 Å². The number of para-hydroxylation sites is 2. The molecule has 0 spiro atoms. The SMILES string of the molecule is CC(=O)NCc1ccc(CN(Cc2nc3ccccc3[nH]2)C2CCCc3cccnc32)c(CNC(C)=O)c1. The number of fused-ring (bicyclic) bond motifs is 2. The van der Waals surface area contributed by atoms with E-state index in [2.05, 4.69) is 44.8 Å². The second-order valence-corrected chi connectivity index (χ2v) is 9.98. The molecular weight excluding hydrogens is 476 g/mol. The van der Waals surface area contributed by atoms with Gasteiger partial charge < -0.3 is 15.6 Å². The maximum Gasteiger partial charge on any atom is 0.217 e. The summed E-state index contributed by atoms with van der Waals surface area (Å²) in [5.41, 5.74) is 7.59. The van der Waals surface area contributed by atoms with E-state index in [4.69, 9.17) is 9.97 Å². The lowest BCUT2D eigenvalue weighted by molar-refractivity contribution is -0.119. The Hall–Kier alpha value is -4.04. The van der Waals surface area contributed by atoms with Crippen molar-refractivity contribution >= 4 is 22.8 Å².